The molecule has 6 unspecified atom stereocenters. The van der Waals surface area contributed by atoms with Crippen LogP contribution in [0.4, 0.5) is 0 Å². The highest BCUT2D eigenvalue weighted by molar-refractivity contribution is 5.71. The molecule has 0 saturated heterocycles. The van der Waals surface area contributed by atoms with E-state index in [9.17, 15) is 19.8 Å². The van der Waals surface area contributed by atoms with Gasteiger partial charge in [0, 0.05) is 0 Å². The maximum atomic E-state index is 11.6. The van der Waals surface area contributed by atoms with Crippen LogP contribution in [0.3, 0.4) is 0 Å². The Morgan fingerprint density at radius 1 is 0.880 bits per heavy atom. The average Bonchev–Trinajstić information content (AvgIpc) is 2.50. The molecule has 2 saturated carbocycles. The number of carboxylic acid groups (broad SMARTS) is 2. The maximum Gasteiger partial charge on any atom is 0.307 e. The first-order valence-electron chi connectivity index (χ1n) is 10.2. The molecule has 2 aliphatic rings. The second kappa shape index (κ2) is 8.55. The van der Waals surface area contributed by atoms with E-state index >= 15 is 0 Å². The lowest BCUT2D eigenvalue weighted by Crippen LogP contribution is -2.40. The molecule has 0 heterocycles. The first kappa shape index (κ1) is 20.3. The lowest BCUT2D eigenvalue weighted by Gasteiger charge is -2.45. The second-order valence-corrected chi connectivity index (χ2v) is 9.00. The molecule has 0 spiro atoms. The number of hydrogen-bond donors (Lipinski definition) is 2. The van der Waals surface area contributed by atoms with E-state index in [4.69, 9.17) is 0 Å². The summed E-state index contributed by atoms with van der Waals surface area (Å²) in [4.78, 5) is 23.0. The Morgan fingerprint density at radius 3 is 1.88 bits per heavy atom. The molecule has 2 fully saturated rings. The standard InChI is InChI=1S/C21H36O4/c1-5-6-18(15-7-8-17(20(22)23)12(2)9-15)16-10-13(3)19(21(24)25)14(4)11-16/h12-19H,5-11H2,1-4H3,(H,22,23)(H,24,25). The highest BCUT2D eigenvalue weighted by Crippen LogP contribution is 2.48. The summed E-state index contributed by atoms with van der Waals surface area (Å²) >= 11 is 0. The normalized spacial score (nSPS) is 40.4. The van der Waals surface area contributed by atoms with Crippen molar-refractivity contribution >= 4 is 11.9 Å². The molecular formula is C21H36O4. The van der Waals surface area contributed by atoms with Crippen LogP contribution in [-0.4, -0.2) is 22.2 Å². The molecule has 2 N–H and O–H groups in total. The predicted octanol–water partition coefficient (Wildman–Crippen LogP) is 4.92. The Morgan fingerprint density at radius 2 is 1.44 bits per heavy atom. The van der Waals surface area contributed by atoms with Crippen molar-refractivity contribution < 1.29 is 19.8 Å². The van der Waals surface area contributed by atoms with E-state index in [2.05, 4.69) is 27.7 Å². The number of carbonyl (C=O) groups is 2. The van der Waals surface area contributed by atoms with Gasteiger partial charge in [0.05, 0.1) is 11.8 Å². The Balaban J connectivity index is 2.08. The van der Waals surface area contributed by atoms with Crippen LogP contribution < -0.4 is 0 Å². The van der Waals surface area contributed by atoms with Crippen molar-refractivity contribution in [2.45, 2.75) is 72.6 Å². The van der Waals surface area contributed by atoms with Crippen molar-refractivity contribution in [2.75, 3.05) is 0 Å². The smallest absolute Gasteiger partial charge is 0.307 e. The summed E-state index contributed by atoms with van der Waals surface area (Å²) < 4.78 is 0. The quantitative estimate of drug-likeness (QED) is 0.711. The van der Waals surface area contributed by atoms with Gasteiger partial charge in [-0.05, 0) is 67.6 Å². The Labute approximate surface area is 152 Å². The van der Waals surface area contributed by atoms with Gasteiger partial charge in [-0.1, -0.05) is 40.5 Å². The molecule has 0 aromatic heterocycles. The first-order valence-corrected chi connectivity index (χ1v) is 10.2. The minimum absolute atomic E-state index is 0.181. The molecule has 0 aromatic rings. The molecule has 4 heteroatoms. The Hall–Kier alpha value is -1.06. The molecule has 2 aliphatic carbocycles. The average molecular weight is 353 g/mol. The summed E-state index contributed by atoms with van der Waals surface area (Å²) in [5, 5.41) is 18.9. The fourth-order valence-electron chi connectivity index (χ4n) is 6.12. The first-order chi connectivity index (χ1) is 11.8. The molecular weight excluding hydrogens is 316 g/mol. The van der Waals surface area contributed by atoms with Gasteiger partial charge in [0.25, 0.3) is 0 Å². The summed E-state index contributed by atoms with van der Waals surface area (Å²) in [6, 6.07) is 0. The van der Waals surface area contributed by atoms with E-state index in [0.717, 1.165) is 38.5 Å². The Kier molecular flexibility index (Phi) is 6.93. The summed E-state index contributed by atoms with van der Waals surface area (Å²) in [6.07, 6.45) is 7.21. The van der Waals surface area contributed by atoms with Gasteiger partial charge in [0.2, 0.25) is 0 Å². The van der Waals surface area contributed by atoms with E-state index in [1.165, 1.54) is 6.42 Å². The maximum absolute atomic E-state index is 11.6. The molecule has 0 radical (unpaired) electrons. The van der Waals surface area contributed by atoms with Crippen LogP contribution in [0.15, 0.2) is 0 Å². The lowest BCUT2D eigenvalue weighted by atomic mass is 9.60. The van der Waals surface area contributed by atoms with Gasteiger partial charge in [-0.2, -0.15) is 0 Å². The molecule has 2 rings (SSSR count). The topological polar surface area (TPSA) is 74.6 Å². The van der Waals surface area contributed by atoms with E-state index in [1.54, 1.807) is 0 Å². The highest BCUT2D eigenvalue weighted by atomic mass is 16.4. The molecule has 0 amide bonds. The number of carboxylic acids is 2. The van der Waals surface area contributed by atoms with Crippen LogP contribution in [0.1, 0.15) is 72.6 Å². The summed E-state index contributed by atoms with van der Waals surface area (Å²) in [6.45, 7) is 8.54. The summed E-state index contributed by atoms with van der Waals surface area (Å²) in [7, 11) is 0. The molecule has 25 heavy (non-hydrogen) atoms. The van der Waals surface area contributed by atoms with Gasteiger partial charge in [0.1, 0.15) is 0 Å². The predicted molar refractivity (Wildman–Crippen MR) is 98.2 cm³/mol. The van der Waals surface area contributed by atoms with Crippen LogP contribution >= 0.6 is 0 Å². The Bertz CT molecular complexity index is 463. The SMILES string of the molecule is CCCC(C1CCC(C(=O)O)C(C)C1)C1CC(C)C(C(=O)O)C(C)C1. The second-order valence-electron chi connectivity index (χ2n) is 9.00. The van der Waals surface area contributed by atoms with Crippen LogP contribution in [0.25, 0.3) is 0 Å². The molecule has 0 aromatic carbocycles. The van der Waals surface area contributed by atoms with Crippen molar-refractivity contribution in [3.8, 4) is 0 Å². The third-order valence-corrected chi connectivity index (χ3v) is 7.22. The van der Waals surface area contributed by atoms with Gasteiger partial charge in [-0.3, -0.25) is 9.59 Å². The molecule has 0 aliphatic heterocycles. The summed E-state index contributed by atoms with van der Waals surface area (Å²) in [5.74, 6) is 0.887. The number of aliphatic carboxylic acids is 2. The third kappa shape index (κ3) is 4.57. The van der Waals surface area contributed by atoms with E-state index in [-0.39, 0.29) is 29.6 Å². The van der Waals surface area contributed by atoms with E-state index < -0.39 is 11.9 Å². The van der Waals surface area contributed by atoms with E-state index in [0.29, 0.717) is 17.8 Å². The molecule has 4 nitrogen and oxygen atoms in total. The van der Waals surface area contributed by atoms with E-state index in [1.807, 2.05) is 0 Å². The molecule has 6 atom stereocenters. The monoisotopic (exact) mass is 352 g/mol. The van der Waals surface area contributed by atoms with Crippen LogP contribution in [0.2, 0.25) is 0 Å². The minimum Gasteiger partial charge on any atom is -0.481 e. The van der Waals surface area contributed by atoms with Gasteiger partial charge < -0.3 is 10.2 Å². The fraction of sp³-hybridized carbons (Fsp3) is 0.905. The van der Waals surface area contributed by atoms with Crippen molar-refractivity contribution in [3.05, 3.63) is 0 Å². The van der Waals surface area contributed by atoms with Crippen LogP contribution in [0.5, 0.6) is 0 Å². The van der Waals surface area contributed by atoms with Crippen molar-refractivity contribution in [1.82, 2.24) is 0 Å². The van der Waals surface area contributed by atoms with Crippen molar-refractivity contribution in [3.63, 3.8) is 0 Å². The molecule has 144 valence electrons. The third-order valence-electron chi connectivity index (χ3n) is 7.22. The minimum atomic E-state index is -0.638. The number of hydrogen-bond acceptors (Lipinski definition) is 2. The van der Waals surface area contributed by atoms with Crippen LogP contribution in [0, 0.1) is 47.3 Å². The zero-order chi connectivity index (χ0) is 18.7. The van der Waals surface area contributed by atoms with Gasteiger partial charge in [-0.15, -0.1) is 0 Å². The van der Waals surface area contributed by atoms with Crippen molar-refractivity contribution in [2.24, 2.45) is 47.3 Å². The zero-order valence-electron chi connectivity index (χ0n) is 16.3. The van der Waals surface area contributed by atoms with Crippen molar-refractivity contribution in [1.29, 1.82) is 0 Å². The summed E-state index contributed by atoms with van der Waals surface area (Å²) in [5.41, 5.74) is 0. The lowest BCUT2D eigenvalue weighted by molar-refractivity contribution is -0.148. The van der Waals surface area contributed by atoms with Crippen LogP contribution in [-0.2, 0) is 9.59 Å². The van der Waals surface area contributed by atoms with Gasteiger partial charge >= 0.3 is 11.9 Å². The van der Waals surface area contributed by atoms with Gasteiger partial charge in [-0.25, -0.2) is 0 Å². The zero-order valence-corrected chi connectivity index (χ0v) is 16.3. The highest BCUT2D eigenvalue weighted by Gasteiger charge is 2.43. The van der Waals surface area contributed by atoms with Gasteiger partial charge in [0.15, 0.2) is 0 Å². The molecule has 0 bridgehead atoms. The number of rotatable bonds is 6. The largest absolute Gasteiger partial charge is 0.481 e. The fourth-order valence-corrected chi connectivity index (χ4v) is 6.12.